The Hall–Kier alpha value is -4.70. The molecule has 10 nitrogen and oxygen atoms in total. The molecule has 37 heavy (non-hydrogen) atoms. The molecule has 0 saturated heterocycles. The van der Waals surface area contributed by atoms with Crippen molar-refractivity contribution in [1.29, 1.82) is 0 Å². The van der Waals surface area contributed by atoms with Crippen molar-refractivity contribution in [3.05, 3.63) is 81.7 Å². The van der Waals surface area contributed by atoms with Crippen molar-refractivity contribution >= 4 is 46.8 Å². The fourth-order valence-electron chi connectivity index (χ4n) is 4.23. The number of aromatic amines is 1. The van der Waals surface area contributed by atoms with E-state index < -0.39 is 17.9 Å². The van der Waals surface area contributed by atoms with Gasteiger partial charge in [0.2, 0.25) is 0 Å². The molecular weight excluding hydrogens is 476 g/mol. The van der Waals surface area contributed by atoms with Gasteiger partial charge in [-0.15, -0.1) is 0 Å². The van der Waals surface area contributed by atoms with Crippen LogP contribution in [0.1, 0.15) is 50.4 Å². The maximum absolute atomic E-state index is 12.7. The molecule has 1 aliphatic rings. The summed E-state index contributed by atoms with van der Waals surface area (Å²) in [6.07, 6.45) is 2.14. The van der Waals surface area contributed by atoms with Crippen molar-refractivity contribution in [1.82, 2.24) is 10.3 Å². The van der Waals surface area contributed by atoms with Gasteiger partial charge in [0.25, 0.3) is 11.8 Å². The standard InChI is InChI=1S/C27H26N4O6/c1-14-19(9-10-24(33)34)15(2)28-22(14)12-21-20-8-7-18(11-23(20)30-26(21)36)29-27(37)31-25(35)17-5-3-16(13-32)4-6-17/h3-8,11-12,28,32H,9-10,13H2,1-2H3,(H,30,36)(H,33,34)(H2,29,31,35,37)/b21-12-. The first kappa shape index (κ1) is 25.4. The maximum Gasteiger partial charge on any atom is 0.326 e. The van der Waals surface area contributed by atoms with E-state index in [0.717, 1.165) is 22.5 Å². The number of rotatable bonds is 7. The first-order chi connectivity index (χ1) is 17.7. The summed E-state index contributed by atoms with van der Waals surface area (Å²) in [6, 6.07) is 10.4. The van der Waals surface area contributed by atoms with Gasteiger partial charge in [-0.1, -0.05) is 18.2 Å². The highest BCUT2D eigenvalue weighted by molar-refractivity contribution is 6.35. The molecule has 0 aliphatic carbocycles. The van der Waals surface area contributed by atoms with E-state index in [-0.39, 0.29) is 24.5 Å². The predicted octanol–water partition coefficient (Wildman–Crippen LogP) is 3.60. The van der Waals surface area contributed by atoms with E-state index in [2.05, 4.69) is 20.9 Å². The van der Waals surface area contributed by atoms with Crippen molar-refractivity contribution in [2.24, 2.45) is 0 Å². The van der Waals surface area contributed by atoms with Crippen LogP contribution in [-0.4, -0.2) is 39.0 Å². The number of aliphatic carboxylic acids is 1. The van der Waals surface area contributed by atoms with Crippen LogP contribution in [-0.2, 0) is 22.6 Å². The lowest BCUT2D eigenvalue weighted by Gasteiger charge is -2.08. The highest BCUT2D eigenvalue weighted by Gasteiger charge is 2.25. The van der Waals surface area contributed by atoms with Gasteiger partial charge in [-0.25, -0.2) is 4.79 Å². The molecule has 0 radical (unpaired) electrons. The molecule has 0 atom stereocenters. The van der Waals surface area contributed by atoms with E-state index >= 15 is 0 Å². The number of amides is 4. The molecule has 10 heteroatoms. The van der Waals surface area contributed by atoms with Crippen LogP contribution in [0.5, 0.6) is 0 Å². The van der Waals surface area contributed by atoms with Gasteiger partial charge in [0, 0.05) is 34.6 Å². The van der Waals surface area contributed by atoms with E-state index in [1.165, 1.54) is 12.1 Å². The number of carboxylic acid groups (broad SMARTS) is 1. The Morgan fingerprint density at radius 1 is 1.05 bits per heavy atom. The monoisotopic (exact) mass is 502 g/mol. The molecule has 1 aromatic heterocycles. The number of H-pyrrole nitrogens is 1. The number of benzene rings is 2. The molecule has 0 spiro atoms. The van der Waals surface area contributed by atoms with Crippen molar-refractivity contribution in [2.45, 2.75) is 33.3 Å². The van der Waals surface area contributed by atoms with Crippen LogP contribution in [0.2, 0.25) is 0 Å². The molecule has 0 bridgehead atoms. The van der Waals surface area contributed by atoms with Crippen LogP contribution in [0.25, 0.3) is 11.6 Å². The van der Waals surface area contributed by atoms with Crippen LogP contribution < -0.4 is 16.0 Å². The maximum atomic E-state index is 12.7. The Morgan fingerprint density at radius 2 is 1.78 bits per heavy atom. The third-order valence-electron chi connectivity index (χ3n) is 6.20. The average Bonchev–Trinajstić information content (AvgIpc) is 3.31. The Labute approximate surface area is 212 Å². The Balaban J connectivity index is 1.48. The van der Waals surface area contributed by atoms with Crippen molar-refractivity contribution in [3.63, 3.8) is 0 Å². The lowest BCUT2D eigenvalue weighted by molar-refractivity contribution is -0.137. The third kappa shape index (κ3) is 5.60. The lowest BCUT2D eigenvalue weighted by Crippen LogP contribution is -2.34. The summed E-state index contributed by atoms with van der Waals surface area (Å²) in [6.45, 7) is 3.60. The Morgan fingerprint density at radius 3 is 2.46 bits per heavy atom. The van der Waals surface area contributed by atoms with Crippen LogP contribution in [0.15, 0.2) is 42.5 Å². The molecular formula is C27H26N4O6. The second-order valence-corrected chi connectivity index (χ2v) is 8.70. The minimum Gasteiger partial charge on any atom is -0.481 e. The number of carbonyl (C=O) groups is 4. The molecule has 6 N–H and O–H groups in total. The van der Waals surface area contributed by atoms with Crippen LogP contribution in [0.3, 0.4) is 0 Å². The first-order valence-corrected chi connectivity index (χ1v) is 11.6. The number of aliphatic hydroxyl groups is 1. The minimum absolute atomic E-state index is 0.0177. The van der Waals surface area contributed by atoms with Gasteiger partial charge >= 0.3 is 12.0 Å². The highest BCUT2D eigenvalue weighted by Crippen LogP contribution is 2.36. The molecule has 0 fully saturated rings. The lowest BCUT2D eigenvalue weighted by atomic mass is 10.0. The Bertz CT molecular complexity index is 1440. The number of hydrogen-bond donors (Lipinski definition) is 6. The fourth-order valence-corrected chi connectivity index (χ4v) is 4.23. The summed E-state index contributed by atoms with van der Waals surface area (Å²) >= 11 is 0. The van der Waals surface area contributed by atoms with Gasteiger partial charge < -0.3 is 25.8 Å². The van der Waals surface area contributed by atoms with E-state index in [1.54, 1.807) is 36.4 Å². The number of aryl methyl sites for hydroxylation is 1. The number of aliphatic hydroxyl groups excluding tert-OH is 1. The number of hydrogen-bond acceptors (Lipinski definition) is 5. The minimum atomic E-state index is -0.872. The summed E-state index contributed by atoms with van der Waals surface area (Å²) in [4.78, 5) is 51.5. The molecule has 2 heterocycles. The summed E-state index contributed by atoms with van der Waals surface area (Å²) in [5.74, 6) is -1.78. The van der Waals surface area contributed by atoms with Crippen molar-refractivity contribution in [3.8, 4) is 0 Å². The third-order valence-corrected chi connectivity index (χ3v) is 6.20. The van der Waals surface area contributed by atoms with Crippen LogP contribution >= 0.6 is 0 Å². The smallest absolute Gasteiger partial charge is 0.326 e. The van der Waals surface area contributed by atoms with Gasteiger partial charge in [0.1, 0.15) is 0 Å². The predicted molar refractivity (Wildman–Crippen MR) is 138 cm³/mol. The second-order valence-electron chi connectivity index (χ2n) is 8.70. The highest BCUT2D eigenvalue weighted by atomic mass is 16.4. The SMILES string of the molecule is Cc1[nH]c(/C=C2\C(=O)Nc3cc(NC(=O)NC(=O)c4ccc(CO)cc4)ccc32)c(C)c1CCC(=O)O. The zero-order valence-electron chi connectivity index (χ0n) is 20.3. The summed E-state index contributed by atoms with van der Waals surface area (Å²) in [7, 11) is 0. The number of aromatic nitrogens is 1. The largest absolute Gasteiger partial charge is 0.481 e. The number of imide groups is 1. The zero-order valence-corrected chi connectivity index (χ0v) is 20.3. The van der Waals surface area contributed by atoms with Gasteiger partial charge in [-0.3, -0.25) is 19.7 Å². The molecule has 0 saturated carbocycles. The molecule has 3 aromatic rings. The van der Waals surface area contributed by atoms with Gasteiger partial charge in [0.15, 0.2) is 0 Å². The number of fused-ring (bicyclic) bond motifs is 1. The molecule has 4 rings (SSSR count). The first-order valence-electron chi connectivity index (χ1n) is 11.6. The number of carboxylic acids is 1. The number of urea groups is 1. The molecule has 4 amide bonds. The second kappa shape index (κ2) is 10.5. The fraction of sp³-hybridized carbons (Fsp3) is 0.185. The summed E-state index contributed by atoms with van der Waals surface area (Å²) in [5, 5.41) is 25.7. The molecule has 1 aliphatic heterocycles. The molecule has 0 unspecified atom stereocenters. The number of carbonyl (C=O) groups excluding carboxylic acids is 3. The van der Waals surface area contributed by atoms with Crippen LogP contribution in [0.4, 0.5) is 16.2 Å². The average molecular weight is 503 g/mol. The van der Waals surface area contributed by atoms with Crippen LogP contribution in [0, 0.1) is 13.8 Å². The van der Waals surface area contributed by atoms with Gasteiger partial charge in [-0.2, -0.15) is 0 Å². The van der Waals surface area contributed by atoms with Gasteiger partial charge in [0.05, 0.1) is 17.9 Å². The topological polar surface area (TPSA) is 161 Å². The summed E-state index contributed by atoms with van der Waals surface area (Å²) < 4.78 is 0. The van der Waals surface area contributed by atoms with E-state index in [9.17, 15) is 19.2 Å². The summed E-state index contributed by atoms with van der Waals surface area (Å²) in [5.41, 5.74) is 6.26. The normalized spacial score (nSPS) is 13.3. The van der Waals surface area contributed by atoms with Crippen molar-refractivity contribution in [2.75, 3.05) is 10.6 Å². The number of nitrogens with one attached hydrogen (secondary N) is 4. The zero-order chi connectivity index (χ0) is 26.7. The quantitative estimate of drug-likeness (QED) is 0.271. The van der Waals surface area contributed by atoms with Crippen molar-refractivity contribution < 1.29 is 29.4 Å². The van der Waals surface area contributed by atoms with E-state index in [1.807, 2.05) is 13.8 Å². The van der Waals surface area contributed by atoms with Gasteiger partial charge in [-0.05, 0) is 67.3 Å². The Kier molecular flexibility index (Phi) is 7.21. The van der Waals surface area contributed by atoms with E-state index in [4.69, 9.17) is 10.2 Å². The molecule has 2 aromatic carbocycles. The number of anilines is 2. The molecule has 190 valence electrons. The van der Waals surface area contributed by atoms with E-state index in [0.29, 0.717) is 34.5 Å².